The summed E-state index contributed by atoms with van der Waals surface area (Å²) in [6.45, 7) is 0.344. The van der Waals surface area contributed by atoms with Crippen LogP contribution in [0.3, 0.4) is 0 Å². The molecule has 0 spiro atoms. The molecule has 112 valence electrons. The Morgan fingerprint density at radius 3 is 2.91 bits per heavy atom. The number of nitrogens with one attached hydrogen (secondary N) is 2. The first-order valence-corrected chi connectivity index (χ1v) is 6.38. The van der Waals surface area contributed by atoms with E-state index >= 15 is 0 Å². The quantitative estimate of drug-likeness (QED) is 0.420. The minimum absolute atomic E-state index is 0.193. The van der Waals surface area contributed by atoms with Crippen molar-refractivity contribution in [3.05, 3.63) is 42.2 Å². The van der Waals surface area contributed by atoms with Crippen LogP contribution in [-0.2, 0) is 13.7 Å². The molecular weight excluding hydrogens is 282 g/mol. The summed E-state index contributed by atoms with van der Waals surface area (Å²) >= 11 is 0. The Kier molecular flexibility index (Phi) is 4.72. The summed E-state index contributed by atoms with van der Waals surface area (Å²) in [6.07, 6.45) is 1.69. The first kappa shape index (κ1) is 15.1. The predicted octanol–water partition coefficient (Wildman–Crippen LogP) is 1.23. The van der Waals surface area contributed by atoms with Crippen LogP contribution in [0.15, 0.2) is 41.6 Å². The van der Waals surface area contributed by atoms with Crippen molar-refractivity contribution in [2.45, 2.75) is 6.61 Å². The molecule has 0 unspecified atom stereocenters. The average Bonchev–Trinajstić information content (AvgIpc) is 2.91. The third-order valence-electron chi connectivity index (χ3n) is 2.83. The Hall–Kier alpha value is -3.34. The molecule has 0 radical (unpaired) electrons. The number of anilines is 1. The minimum Gasteiger partial charge on any atom is -0.485 e. The molecule has 0 aliphatic carbocycles. The van der Waals surface area contributed by atoms with Crippen molar-refractivity contribution in [2.75, 3.05) is 5.43 Å². The topological polar surface area (TPSA) is 125 Å². The molecule has 4 N–H and O–H groups in total. The molecule has 0 atom stereocenters. The van der Waals surface area contributed by atoms with Gasteiger partial charge >= 0.3 is 0 Å². The summed E-state index contributed by atoms with van der Waals surface area (Å²) in [6, 6.07) is 10.7. The molecule has 1 aromatic heterocycles. The number of para-hydroxylation sites is 2. The van der Waals surface area contributed by atoms with Gasteiger partial charge in [0.15, 0.2) is 5.84 Å². The number of hydrogen-bond donors (Lipinski definition) is 3. The highest BCUT2D eigenvalue weighted by Gasteiger charge is 2.06. The highest BCUT2D eigenvalue weighted by atomic mass is 16.5. The molecule has 0 aliphatic heterocycles. The van der Waals surface area contributed by atoms with Crippen LogP contribution in [0.2, 0.25) is 0 Å². The number of hydrogen-bond acceptors (Lipinski definition) is 6. The lowest BCUT2D eigenvalue weighted by Crippen LogP contribution is -2.21. The summed E-state index contributed by atoms with van der Waals surface area (Å²) in [5.74, 6) is 0.163. The fourth-order valence-corrected chi connectivity index (χ4v) is 1.64. The molecule has 2 aromatic rings. The Labute approximate surface area is 127 Å². The summed E-state index contributed by atoms with van der Waals surface area (Å²) in [5, 5.41) is 23.9. The normalized spacial score (nSPS) is 10.8. The number of benzene rings is 1. The van der Waals surface area contributed by atoms with Gasteiger partial charge in [0.05, 0.1) is 11.4 Å². The number of rotatable bonds is 6. The molecule has 0 fully saturated rings. The largest absolute Gasteiger partial charge is 0.485 e. The molecule has 8 heteroatoms. The Morgan fingerprint density at radius 2 is 2.27 bits per heavy atom. The molecule has 0 amide bonds. The second-order valence-electron chi connectivity index (χ2n) is 4.33. The van der Waals surface area contributed by atoms with Gasteiger partial charge in [-0.1, -0.05) is 12.1 Å². The van der Waals surface area contributed by atoms with Gasteiger partial charge in [0.25, 0.3) is 0 Å². The highest BCUT2D eigenvalue weighted by molar-refractivity contribution is 6.45. The van der Waals surface area contributed by atoms with Gasteiger partial charge in [0.2, 0.25) is 5.71 Å². The van der Waals surface area contributed by atoms with E-state index < -0.39 is 5.84 Å². The smallest absolute Gasteiger partial charge is 0.201 e. The van der Waals surface area contributed by atoms with Crippen LogP contribution in [0.1, 0.15) is 5.69 Å². The molecule has 1 heterocycles. The van der Waals surface area contributed by atoms with E-state index in [9.17, 15) is 0 Å². The van der Waals surface area contributed by atoms with Gasteiger partial charge in [-0.05, 0) is 18.2 Å². The van der Waals surface area contributed by atoms with E-state index in [1.165, 1.54) is 0 Å². The zero-order chi connectivity index (χ0) is 15.9. The number of hydrazone groups is 1. The molecule has 2 rings (SSSR count). The predicted molar refractivity (Wildman–Crippen MR) is 82.6 cm³/mol. The second-order valence-corrected chi connectivity index (χ2v) is 4.33. The van der Waals surface area contributed by atoms with Crippen molar-refractivity contribution in [3.8, 4) is 11.8 Å². The molecule has 1 aromatic carbocycles. The zero-order valence-corrected chi connectivity index (χ0v) is 11.9. The summed E-state index contributed by atoms with van der Waals surface area (Å²) in [4.78, 5) is 0. The van der Waals surface area contributed by atoms with Crippen molar-refractivity contribution in [3.63, 3.8) is 0 Å². The van der Waals surface area contributed by atoms with Crippen molar-refractivity contribution in [2.24, 2.45) is 17.9 Å². The summed E-state index contributed by atoms with van der Waals surface area (Å²) in [5.41, 5.74) is 9.22. The molecule has 0 saturated carbocycles. The van der Waals surface area contributed by atoms with E-state index in [2.05, 4.69) is 15.6 Å². The van der Waals surface area contributed by atoms with Crippen LogP contribution >= 0.6 is 0 Å². The number of aryl methyl sites for hydroxylation is 1. The zero-order valence-electron chi connectivity index (χ0n) is 11.9. The van der Waals surface area contributed by atoms with E-state index in [0.717, 1.165) is 5.69 Å². The van der Waals surface area contributed by atoms with Crippen molar-refractivity contribution in [1.82, 2.24) is 9.78 Å². The molecule has 22 heavy (non-hydrogen) atoms. The summed E-state index contributed by atoms with van der Waals surface area (Å²) < 4.78 is 7.45. The number of nitriles is 1. The van der Waals surface area contributed by atoms with Crippen LogP contribution in [0.4, 0.5) is 5.69 Å². The number of nitrogens with two attached hydrogens (primary N) is 1. The minimum atomic E-state index is -0.400. The lowest BCUT2D eigenvalue weighted by Gasteiger charge is -2.11. The van der Waals surface area contributed by atoms with Crippen molar-refractivity contribution < 1.29 is 4.74 Å². The van der Waals surface area contributed by atoms with Crippen LogP contribution < -0.4 is 15.9 Å². The maximum atomic E-state index is 8.82. The van der Waals surface area contributed by atoms with Crippen LogP contribution in [0.25, 0.3) is 0 Å². The molecule has 8 nitrogen and oxygen atoms in total. The highest BCUT2D eigenvalue weighted by Crippen LogP contribution is 2.24. The van der Waals surface area contributed by atoms with Gasteiger partial charge in [-0.25, -0.2) is 0 Å². The number of ether oxygens (including phenoxy) is 1. The van der Waals surface area contributed by atoms with Gasteiger partial charge in [0, 0.05) is 13.2 Å². The Morgan fingerprint density at radius 1 is 1.50 bits per heavy atom. The van der Waals surface area contributed by atoms with Gasteiger partial charge < -0.3 is 10.5 Å². The number of amidine groups is 1. The summed E-state index contributed by atoms with van der Waals surface area (Å²) in [7, 11) is 1.83. The number of nitrogens with zero attached hydrogens (tertiary/aromatic N) is 4. The SMILES string of the molecule is Cn1nccc1COc1ccccc1N/N=C(\C#N)C(=N)N. The van der Waals surface area contributed by atoms with E-state index in [4.69, 9.17) is 21.1 Å². The van der Waals surface area contributed by atoms with Gasteiger partial charge in [-0.15, -0.1) is 0 Å². The third-order valence-corrected chi connectivity index (χ3v) is 2.83. The average molecular weight is 297 g/mol. The van der Waals surface area contributed by atoms with E-state index in [-0.39, 0.29) is 5.71 Å². The standard InChI is InChI=1S/C14H15N7O/c1-21-10(6-7-18-21)9-22-13-5-3-2-4-11(13)19-20-12(8-15)14(16)17/h2-7,19H,9H2,1H3,(H3,16,17)/b20-12+. The van der Waals surface area contributed by atoms with Gasteiger partial charge in [-0.3, -0.25) is 15.5 Å². The first-order chi connectivity index (χ1) is 10.6. The lowest BCUT2D eigenvalue weighted by molar-refractivity contribution is 0.296. The van der Waals surface area contributed by atoms with E-state index in [0.29, 0.717) is 18.0 Å². The van der Waals surface area contributed by atoms with Gasteiger partial charge in [-0.2, -0.15) is 15.5 Å². The fourth-order valence-electron chi connectivity index (χ4n) is 1.64. The fraction of sp³-hybridized carbons (Fsp3) is 0.143. The first-order valence-electron chi connectivity index (χ1n) is 6.38. The van der Waals surface area contributed by atoms with Crippen LogP contribution in [0.5, 0.6) is 5.75 Å². The Bertz CT molecular complexity index is 742. The maximum Gasteiger partial charge on any atom is 0.201 e. The molecular formula is C14H15N7O. The lowest BCUT2D eigenvalue weighted by atomic mass is 10.3. The van der Waals surface area contributed by atoms with Gasteiger partial charge in [0.1, 0.15) is 18.4 Å². The second kappa shape index (κ2) is 6.90. The number of aromatic nitrogens is 2. The molecule has 0 aliphatic rings. The van der Waals surface area contributed by atoms with Crippen LogP contribution in [-0.4, -0.2) is 21.3 Å². The maximum absolute atomic E-state index is 8.82. The Balaban J connectivity index is 2.12. The molecule has 0 bridgehead atoms. The molecule has 0 saturated heterocycles. The monoisotopic (exact) mass is 297 g/mol. The van der Waals surface area contributed by atoms with Crippen molar-refractivity contribution >= 4 is 17.2 Å². The van der Waals surface area contributed by atoms with Crippen molar-refractivity contribution in [1.29, 1.82) is 10.7 Å². The van der Waals surface area contributed by atoms with Crippen LogP contribution in [0, 0.1) is 16.7 Å². The third kappa shape index (κ3) is 3.61. The van der Waals surface area contributed by atoms with E-state index in [1.807, 2.05) is 19.2 Å². The van der Waals surface area contributed by atoms with E-state index in [1.54, 1.807) is 35.1 Å².